The van der Waals surface area contributed by atoms with Crippen molar-refractivity contribution < 1.29 is 9.21 Å². The number of nitrogens with zero attached hydrogens (tertiary/aromatic N) is 1. The molecule has 1 aromatic heterocycles. The van der Waals surface area contributed by atoms with Crippen molar-refractivity contribution >= 4 is 17.7 Å². The maximum Gasteiger partial charge on any atom is 0.230 e. The average Bonchev–Trinajstić information content (AvgIpc) is 3.00. The standard InChI is InChI=1S/C16H20N2O2S/c1-18(2)14(15-9-6-10-20-15)11-17-16(19)12-21-13-7-4-3-5-8-13/h3-10,14H,11-12H2,1-2H3,(H,17,19). The molecular weight excluding hydrogens is 284 g/mol. The Hall–Kier alpha value is -1.72. The highest BCUT2D eigenvalue weighted by Crippen LogP contribution is 2.18. The minimum atomic E-state index is 0.0299. The van der Waals surface area contributed by atoms with E-state index in [1.165, 1.54) is 11.8 Å². The molecule has 0 saturated carbocycles. The van der Waals surface area contributed by atoms with Gasteiger partial charge in [0.15, 0.2) is 0 Å². The fourth-order valence-electron chi connectivity index (χ4n) is 1.95. The number of rotatable bonds is 7. The molecule has 4 nitrogen and oxygen atoms in total. The molecule has 1 N–H and O–H groups in total. The lowest BCUT2D eigenvalue weighted by molar-refractivity contribution is -0.118. The fourth-order valence-corrected chi connectivity index (χ4v) is 2.70. The Balaban J connectivity index is 1.80. The first kappa shape index (κ1) is 15.7. The number of hydrogen-bond donors (Lipinski definition) is 1. The molecule has 21 heavy (non-hydrogen) atoms. The number of amides is 1. The largest absolute Gasteiger partial charge is 0.468 e. The summed E-state index contributed by atoms with van der Waals surface area (Å²) in [6.07, 6.45) is 1.65. The molecule has 1 atom stereocenters. The summed E-state index contributed by atoms with van der Waals surface area (Å²) in [5, 5.41) is 2.96. The van der Waals surface area contributed by atoms with E-state index in [4.69, 9.17) is 4.42 Å². The van der Waals surface area contributed by atoms with Crippen LogP contribution in [0, 0.1) is 0 Å². The fraction of sp³-hybridized carbons (Fsp3) is 0.312. The molecule has 5 heteroatoms. The number of carbonyl (C=O) groups excluding carboxylic acids is 1. The lowest BCUT2D eigenvalue weighted by atomic mass is 10.2. The van der Waals surface area contributed by atoms with Crippen molar-refractivity contribution in [1.82, 2.24) is 10.2 Å². The third-order valence-electron chi connectivity index (χ3n) is 3.10. The zero-order valence-electron chi connectivity index (χ0n) is 12.3. The van der Waals surface area contributed by atoms with E-state index < -0.39 is 0 Å². The zero-order valence-corrected chi connectivity index (χ0v) is 13.1. The van der Waals surface area contributed by atoms with Gasteiger partial charge in [-0.05, 0) is 38.4 Å². The molecular formula is C16H20N2O2S. The summed E-state index contributed by atoms with van der Waals surface area (Å²) in [7, 11) is 3.94. The van der Waals surface area contributed by atoms with Gasteiger partial charge in [0, 0.05) is 11.4 Å². The Kier molecular flexibility index (Phi) is 5.90. The Morgan fingerprint density at radius 3 is 2.62 bits per heavy atom. The number of nitrogens with one attached hydrogen (secondary N) is 1. The monoisotopic (exact) mass is 304 g/mol. The van der Waals surface area contributed by atoms with Crippen molar-refractivity contribution in [3.63, 3.8) is 0 Å². The van der Waals surface area contributed by atoms with Crippen molar-refractivity contribution in [3.8, 4) is 0 Å². The summed E-state index contributed by atoms with van der Waals surface area (Å²) in [5.74, 6) is 1.31. The molecule has 1 amide bonds. The van der Waals surface area contributed by atoms with Gasteiger partial charge >= 0.3 is 0 Å². The molecule has 0 bridgehead atoms. The van der Waals surface area contributed by atoms with Gasteiger partial charge in [-0.15, -0.1) is 11.8 Å². The molecule has 1 aromatic carbocycles. The van der Waals surface area contributed by atoms with Crippen molar-refractivity contribution in [2.24, 2.45) is 0 Å². The van der Waals surface area contributed by atoms with Gasteiger partial charge in [-0.25, -0.2) is 0 Å². The van der Waals surface area contributed by atoms with E-state index in [1.54, 1.807) is 6.26 Å². The summed E-state index contributed by atoms with van der Waals surface area (Å²) in [6.45, 7) is 0.536. The number of hydrogen-bond acceptors (Lipinski definition) is 4. The molecule has 0 fully saturated rings. The molecule has 0 spiro atoms. The quantitative estimate of drug-likeness (QED) is 0.799. The third-order valence-corrected chi connectivity index (χ3v) is 4.11. The van der Waals surface area contributed by atoms with Crippen LogP contribution in [0.3, 0.4) is 0 Å². The van der Waals surface area contributed by atoms with Crippen molar-refractivity contribution in [1.29, 1.82) is 0 Å². The van der Waals surface area contributed by atoms with Crippen LogP contribution in [0.25, 0.3) is 0 Å². The van der Waals surface area contributed by atoms with Gasteiger partial charge in [-0.3, -0.25) is 9.69 Å². The Morgan fingerprint density at radius 1 is 1.24 bits per heavy atom. The lowest BCUT2D eigenvalue weighted by Crippen LogP contribution is -2.35. The molecule has 0 aliphatic heterocycles. The third kappa shape index (κ3) is 4.95. The Morgan fingerprint density at radius 2 is 2.00 bits per heavy atom. The second kappa shape index (κ2) is 7.90. The topological polar surface area (TPSA) is 45.5 Å². The number of thioether (sulfide) groups is 1. The molecule has 0 aliphatic carbocycles. The molecule has 0 saturated heterocycles. The molecule has 0 aliphatic rings. The maximum atomic E-state index is 11.9. The van der Waals surface area contributed by atoms with E-state index in [-0.39, 0.29) is 11.9 Å². The molecule has 0 radical (unpaired) electrons. The number of likely N-dealkylation sites (N-methyl/N-ethyl adjacent to an activating group) is 1. The van der Waals surface area contributed by atoms with Crippen LogP contribution < -0.4 is 5.32 Å². The van der Waals surface area contributed by atoms with Gasteiger partial charge in [0.1, 0.15) is 5.76 Å². The number of benzene rings is 1. The summed E-state index contributed by atoms with van der Waals surface area (Å²) >= 11 is 1.54. The van der Waals surface area contributed by atoms with Gasteiger partial charge in [-0.2, -0.15) is 0 Å². The van der Waals surface area contributed by atoms with Crippen molar-refractivity contribution in [3.05, 3.63) is 54.5 Å². The zero-order chi connectivity index (χ0) is 15.1. The molecule has 2 rings (SSSR count). The highest BCUT2D eigenvalue weighted by atomic mass is 32.2. The van der Waals surface area contributed by atoms with Crippen LogP contribution in [-0.4, -0.2) is 37.2 Å². The number of carbonyl (C=O) groups is 1. The van der Waals surface area contributed by atoms with E-state index in [0.717, 1.165) is 10.7 Å². The minimum absolute atomic E-state index is 0.0299. The predicted octanol–water partition coefficient (Wildman–Crippen LogP) is 2.79. The van der Waals surface area contributed by atoms with E-state index in [1.807, 2.05) is 61.5 Å². The molecule has 1 unspecified atom stereocenters. The van der Waals surface area contributed by atoms with E-state index in [2.05, 4.69) is 5.32 Å². The van der Waals surface area contributed by atoms with Crippen LogP contribution in [0.4, 0.5) is 0 Å². The summed E-state index contributed by atoms with van der Waals surface area (Å²) < 4.78 is 5.42. The van der Waals surface area contributed by atoms with E-state index >= 15 is 0 Å². The van der Waals surface area contributed by atoms with Crippen LogP contribution >= 0.6 is 11.8 Å². The Labute approximate surface area is 129 Å². The first-order chi connectivity index (χ1) is 10.2. The molecule has 112 valence electrons. The summed E-state index contributed by atoms with van der Waals surface area (Å²) in [5.41, 5.74) is 0. The van der Waals surface area contributed by atoms with Crippen LogP contribution in [0.5, 0.6) is 0 Å². The first-order valence-corrected chi connectivity index (χ1v) is 7.80. The molecule has 2 aromatic rings. The van der Waals surface area contributed by atoms with Gasteiger partial charge in [0.25, 0.3) is 0 Å². The predicted molar refractivity (Wildman–Crippen MR) is 85.3 cm³/mol. The second-order valence-corrected chi connectivity index (χ2v) is 5.95. The van der Waals surface area contributed by atoms with Gasteiger partial charge in [0.2, 0.25) is 5.91 Å². The van der Waals surface area contributed by atoms with Crippen LogP contribution in [-0.2, 0) is 4.79 Å². The summed E-state index contributed by atoms with van der Waals surface area (Å²) in [4.78, 5) is 15.1. The maximum absolute atomic E-state index is 11.9. The molecule has 1 heterocycles. The second-order valence-electron chi connectivity index (χ2n) is 4.90. The van der Waals surface area contributed by atoms with Gasteiger partial charge in [0.05, 0.1) is 18.1 Å². The van der Waals surface area contributed by atoms with Crippen LogP contribution in [0.15, 0.2) is 58.0 Å². The van der Waals surface area contributed by atoms with Crippen molar-refractivity contribution in [2.75, 3.05) is 26.4 Å². The average molecular weight is 304 g/mol. The van der Waals surface area contributed by atoms with Gasteiger partial charge in [-0.1, -0.05) is 18.2 Å². The normalized spacial score (nSPS) is 12.3. The van der Waals surface area contributed by atoms with Gasteiger partial charge < -0.3 is 9.73 Å². The minimum Gasteiger partial charge on any atom is -0.468 e. The lowest BCUT2D eigenvalue weighted by Gasteiger charge is -2.22. The van der Waals surface area contributed by atoms with Crippen molar-refractivity contribution in [2.45, 2.75) is 10.9 Å². The van der Waals surface area contributed by atoms with E-state index in [0.29, 0.717) is 12.3 Å². The SMILES string of the molecule is CN(C)C(CNC(=O)CSc1ccccc1)c1ccco1. The van der Waals surface area contributed by atoms with Crippen LogP contribution in [0.2, 0.25) is 0 Å². The first-order valence-electron chi connectivity index (χ1n) is 6.81. The highest BCUT2D eigenvalue weighted by Gasteiger charge is 2.17. The Bertz CT molecular complexity index is 541. The highest BCUT2D eigenvalue weighted by molar-refractivity contribution is 8.00. The van der Waals surface area contributed by atoms with E-state index in [9.17, 15) is 4.79 Å². The smallest absolute Gasteiger partial charge is 0.230 e. The van der Waals surface area contributed by atoms with Crippen LogP contribution in [0.1, 0.15) is 11.8 Å². The number of furan rings is 1. The summed E-state index contributed by atoms with van der Waals surface area (Å²) in [6, 6.07) is 13.8.